The number of rotatable bonds is 10. The Bertz CT molecular complexity index is 1080. The van der Waals surface area contributed by atoms with Crippen molar-refractivity contribution < 1.29 is 9.21 Å². The van der Waals surface area contributed by atoms with Crippen molar-refractivity contribution in [1.29, 1.82) is 0 Å². The molecule has 4 rings (SSSR count). The average molecular weight is 433 g/mol. The van der Waals surface area contributed by atoms with E-state index in [-0.39, 0.29) is 5.91 Å². The molecule has 0 saturated heterocycles. The number of aromatic nitrogens is 3. The topological polar surface area (TPSA) is 73.0 Å². The number of benzene rings is 2. The third-order valence-electron chi connectivity index (χ3n) is 4.80. The number of furan rings is 1. The number of hydrogen-bond acceptors (Lipinski definition) is 5. The van der Waals surface area contributed by atoms with Gasteiger partial charge in [0.15, 0.2) is 5.16 Å². The van der Waals surface area contributed by atoms with E-state index in [1.807, 2.05) is 36.4 Å². The highest BCUT2D eigenvalue weighted by molar-refractivity contribution is 7.99. The maximum absolute atomic E-state index is 12.1. The first-order chi connectivity index (χ1) is 15.3. The van der Waals surface area contributed by atoms with Gasteiger partial charge in [0, 0.05) is 24.3 Å². The largest absolute Gasteiger partial charge is 0.467 e. The Hall–Kier alpha value is -3.32. The van der Waals surface area contributed by atoms with Crippen LogP contribution in [0, 0.1) is 0 Å². The molecule has 1 amide bonds. The number of carbonyl (C=O) groups is 1. The number of nitrogens with zero attached hydrogens (tertiary/aromatic N) is 3. The number of para-hydroxylation sites is 1. The Balaban J connectivity index is 1.39. The summed E-state index contributed by atoms with van der Waals surface area (Å²) in [5.74, 6) is 2.26. The summed E-state index contributed by atoms with van der Waals surface area (Å²) in [5.41, 5.74) is 2.30. The van der Waals surface area contributed by atoms with Gasteiger partial charge in [-0.1, -0.05) is 60.3 Å². The lowest BCUT2D eigenvalue weighted by Crippen LogP contribution is -2.22. The molecule has 2 aromatic heterocycles. The lowest BCUT2D eigenvalue weighted by Gasteiger charge is -2.10. The molecule has 0 aliphatic heterocycles. The minimum Gasteiger partial charge on any atom is -0.467 e. The zero-order chi connectivity index (χ0) is 21.3. The maximum atomic E-state index is 12.1. The van der Waals surface area contributed by atoms with Crippen molar-refractivity contribution in [3.05, 3.63) is 96.2 Å². The standard InChI is InChI=1S/C24H24N4O2S/c29-23(25-18-21-12-7-16-30-21)15-17-31-24-27-26-22(14-13-19-8-3-1-4-9-19)28(24)20-10-5-2-6-11-20/h1-12,16H,13-15,17-18H2,(H,25,29). The second-order valence-electron chi connectivity index (χ2n) is 7.01. The molecule has 6 nitrogen and oxygen atoms in total. The van der Waals surface area contributed by atoms with Gasteiger partial charge in [0.2, 0.25) is 5.91 Å². The van der Waals surface area contributed by atoms with Gasteiger partial charge in [-0.2, -0.15) is 0 Å². The van der Waals surface area contributed by atoms with Crippen molar-refractivity contribution in [3.8, 4) is 5.69 Å². The summed E-state index contributed by atoms with van der Waals surface area (Å²) in [6.07, 6.45) is 3.68. The van der Waals surface area contributed by atoms with Gasteiger partial charge in [-0.25, -0.2) is 0 Å². The van der Waals surface area contributed by atoms with Crippen LogP contribution in [-0.2, 0) is 24.2 Å². The highest BCUT2D eigenvalue weighted by Crippen LogP contribution is 2.23. The number of nitrogens with one attached hydrogen (secondary N) is 1. The third kappa shape index (κ3) is 5.86. The first kappa shape index (κ1) is 20.9. The maximum Gasteiger partial charge on any atom is 0.221 e. The molecule has 7 heteroatoms. The summed E-state index contributed by atoms with van der Waals surface area (Å²) in [4.78, 5) is 12.1. The van der Waals surface area contributed by atoms with Crippen LogP contribution in [0.15, 0.2) is 88.6 Å². The Kier molecular flexibility index (Phi) is 7.18. The van der Waals surface area contributed by atoms with Crippen molar-refractivity contribution in [2.45, 2.75) is 31.0 Å². The van der Waals surface area contributed by atoms with Gasteiger partial charge >= 0.3 is 0 Å². The molecule has 0 fully saturated rings. The smallest absolute Gasteiger partial charge is 0.221 e. The quantitative estimate of drug-likeness (QED) is 0.375. The van der Waals surface area contributed by atoms with E-state index >= 15 is 0 Å². The van der Waals surface area contributed by atoms with Gasteiger partial charge in [0.05, 0.1) is 12.8 Å². The highest BCUT2D eigenvalue weighted by Gasteiger charge is 2.15. The first-order valence-corrected chi connectivity index (χ1v) is 11.2. The van der Waals surface area contributed by atoms with E-state index in [2.05, 4.69) is 56.5 Å². The molecule has 2 heterocycles. The Morgan fingerprint density at radius 2 is 1.71 bits per heavy atom. The molecule has 31 heavy (non-hydrogen) atoms. The van der Waals surface area contributed by atoms with Gasteiger partial charge in [0.25, 0.3) is 0 Å². The van der Waals surface area contributed by atoms with E-state index in [1.54, 1.807) is 18.0 Å². The molecule has 0 radical (unpaired) electrons. The minimum atomic E-state index is -0.0148. The lowest BCUT2D eigenvalue weighted by atomic mass is 10.1. The predicted octanol–water partition coefficient (Wildman–Crippen LogP) is 4.44. The van der Waals surface area contributed by atoms with E-state index in [0.717, 1.165) is 35.3 Å². The van der Waals surface area contributed by atoms with Crippen LogP contribution in [-0.4, -0.2) is 26.4 Å². The van der Waals surface area contributed by atoms with Gasteiger partial charge in [-0.05, 0) is 36.2 Å². The number of amides is 1. The van der Waals surface area contributed by atoms with Gasteiger partial charge in [-0.3, -0.25) is 9.36 Å². The molecule has 0 spiro atoms. The van der Waals surface area contributed by atoms with Gasteiger partial charge in [0.1, 0.15) is 11.6 Å². The fourth-order valence-corrected chi connectivity index (χ4v) is 4.12. The van der Waals surface area contributed by atoms with Crippen LogP contribution < -0.4 is 5.32 Å². The SMILES string of the molecule is O=C(CCSc1nnc(CCc2ccccc2)n1-c1ccccc1)NCc1ccco1. The summed E-state index contributed by atoms with van der Waals surface area (Å²) >= 11 is 1.54. The predicted molar refractivity (Wildman–Crippen MR) is 121 cm³/mol. The average Bonchev–Trinajstić information content (AvgIpc) is 3.48. The third-order valence-corrected chi connectivity index (χ3v) is 5.73. The summed E-state index contributed by atoms with van der Waals surface area (Å²) in [6.45, 7) is 0.403. The van der Waals surface area contributed by atoms with Crippen LogP contribution >= 0.6 is 11.8 Å². The van der Waals surface area contributed by atoms with E-state index in [1.165, 1.54) is 5.56 Å². The number of aryl methyl sites for hydroxylation is 2. The number of carbonyl (C=O) groups excluding carboxylic acids is 1. The van der Waals surface area contributed by atoms with Crippen LogP contribution in [0.5, 0.6) is 0 Å². The Morgan fingerprint density at radius 3 is 2.45 bits per heavy atom. The van der Waals surface area contributed by atoms with E-state index < -0.39 is 0 Å². The molecular weight excluding hydrogens is 408 g/mol. The van der Waals surface area contributed by atoms with Gasteiger partial charge < -0.3 is 9.73 Å². The van der Waals surface area contributed by atoms with Crippen molar-refractivity contribution in [2.24, 2.45) is 0 Å². The second kappa shape index (κ2) is 10.6. The number of thioether (sulfide) groups is 1. The molecule has 0 saturated carbocycles. The molecule has 0 aliphatic rings. The van der Waals surface area contributed by atoms with Crippen LogP contribution in [0.2, 0.25) is 0 Å². The van der Waals surface area contributed by atoms with Crippen molar-refractivity contribution in [1.82, 2.24) is 20.1 Å². The van der Waals surface area contributed by atoms with E-state index in [0.29, 0.717) is 18.7 Å². The minimum absolute atomic E-state index is 0.0148. The zero-order valence-corrected chi connectivity index (χ0v) is 17.9. The summed E-state index contributed by atoms with van der Waals surface area (Å²) < 4.78 is 7.33. The van der Waals surface area contributed by atoms with Crippen molar-refractivity contribution in [2.75, 3.05) is 5.75 Å². The Labute approximate surface area is 185 Å². The normalized spacial score (nSPS) is 10.8. The van der Waals surface area contributed by atoms with Crippen LogP contribution in [0.4, 0.5) is 0 Å². The van der Waals surface area contributed by atoms with Gasteiger partial charge in [-0.15, -0.1) is 10.2 Å². The second-order valence-corrected chi connectivity index (χ2v) is 8.07. The van der Waals surface area contributed by atoms with Crippen molar-refractivity contribution in [3.63, 3.8) is 0 Å². The van der Waals surface area contributed by atoms with Crippen LogP contribution in [0.25, 0.3) is 5.69 Å². The summed E-state index contributed by atoms with van der Waals surface area (Å²) in [6, 6.07) is 24.1. The molecule has 0 aliphatic carbocycles. The Morgan fingerprint density at radius 1 is 0.935 bits per heavy atom. The molecule has 0 atom stereocenters. The monoisotopic (exact) mass is 432 g/mol. The molecule has 158 valence electrons. The molecule has 4 aromatic rings. The number of hydrogen-bond donors (Lipinski definition) is 1. The molecular formula is C24H24N4O2S. The van der Waals surface area contributed by atoms with E-state index in [4.69, 9.17) is 4.42 Å². The van der Waals surface area contributed by atoms with Crippen LogP contribution in [0.1, 0.15) is 23.6 Å². The summed E-state index contributed by atoms with van der Waals surface area (Å²) in [5, 5.41) is 12.5. The highest BCUT2D eigenvalue weighted by atomic mass is 32.2. The fourth-order valence-electron chi connectivity index (χ4n) is 3.22. The molecule has 2 aromatic carbocycles. The van der Waals surface area contributed by atoms with Crippen LogP contribution in [0.3, 0.4) is 0 Å². The first-order valence-electron chi connectivity index (χ1n) is 10.2. The van der Waals surface area contributed by atoms with Crippen molar-refractivity contribution >= 4 is 17.7 Å². The lowest BCUT2D eigenvalue weighted by molar-refractivity contribution is -0.120. The van der Waals surface area contributed by atoms with E-state index in [9.17, 15) is 4.79 Å². The summed E-state index contributed by atoms with van der Waals surface area (Å²) in [7, 11) is 0. The molecule has 0 unspecified atom stereocenters. The fraction of sp³-hybridized carbons (Fsp3) is 0.208. The zero-order valence-electron chi connectivity index (χ0n) is 17.1. The molecule has 1 N–H and O–H groups in total. The molecule has 0 bridgehead atoms.